The van der Waals surface area contributed by atoms with Gasteiger partial charge in [-0.2, -0.15) is 0 Å². The van der Waals surface area contributed by atoms with Gasteiger partial charge in [-0.15, -0.1) is 0 Å². The molecule has 1 atom stereocenters. The molecule has 1 aliphatic rings. The minimum atomic E-state index is 0.0833. The molecule has 0 saturated carbocycles. The summed E-state index contributed by atoms with van der Waals surface area (Å²) >= 11 is 0. The van der Waals surface area contributed by atoms with Gasteiger partial charge in [0, 0.05) is 26.2 Å². The Morgan fingerprint density at radius 3 is 2.56 bits per heavy atom. The zero-order chi connectivity index (χ0) is 12.0. The number of nitrogens with one attached hydrogen (secondary N) is 1. The Kier molecular flexibility index (Phi) is 5.60. The highest BCUT2D eigenvalue weighted by molar-refractivity contribution is 5.74. The maximum Gasteiger partial charge on any atom is 0.317 e. The third kappa shape index (κ3) is 3.67. The molecule has 16 heavy (non-hydrogen) atoms. The van der Waals surface area contributed by atoms with Crippen molar-refractivity contribution in [1.29, 1.82) is 0 Å². The lowest BCUT2D eigenvalue weighted by molar-refractivity contribution is 0.201. The van der Waals surface area contributed by atoms with Crippen molar-refractivity contribution in [2.45, 2.75) is 27.2 Å². The highest BCUT2D eigenvalue weighted by atomic mass is 16.2. The van der Waals surface area contributed by atoms with Gasteiger partial charge in [-0.3, -0.25) is 0 Å². The first-order chi connectivity index (χ1) is 7.71. The monoisotopic (exact) mass is 227 g/mol. The van der Waals surface area contributed by atoms with Crippen LogP contribution in [0.1, 0.15) is 27.2 Å². The van der Waals surface area contributed by atoms with Crippen LogP contribution in [0.25, 0.3) is 0 Å². The molecule has 1 unspecified atom stereocenters. The van der Waals surface area contributed by atoms with E-state index in [1.165, 1.54) is 13.0 Å². The van der Waals surface area contributed by atoms with E-state index < -0.39 is 0 Å². The minimum absolute atomic E-state index is 0.0833. The van der Waals surface area contributed by atoms with Crippen LogP contribution in [0.15, 0.2) is 0 Å². The van der Waals surface area contributed by atoms with Gasteiger partial charge in [0.2, 0.25) is 0 Å². The highest BCUT2D eigenvalue weighted by Gasteiger charge is 2.21. The standard InChI is InChI=1S/C12H25N3O/c1-4-14-8-7-11(10-14)9-13-12(16)15(5-2)6-3/h11H,4-10H2,1-3H3,(H,13,16). The summed E-state index contributed by atoms with van der Waals surface area (Å²) in [5.74, 6) is 0.638. The summed E-state index contributed by atoms with van der Waals surface area (Å²) in [6, 6.07) is 0.0833. The first-order valence-corrected chi connectivity index (χ1v) is 6.46. The Labute approximate surface area is 99.0 Å². The molecule has 94 valence electrons. The Morgan fingerprint density at radius 2 is 2.06 bits per heavy atom. The van der Waals surface area contributed by atoms with E-state index in [0.717, 1.165) is 32.7 Å². The van der Waals surface area contributed by atoms with E-state index in [-0.39, 0.29) is 6.03 Å². The van der Waals surface area contributed by atoms with Crippen molar-refractivity contribution >= 4 is 6.03 Å². The van der Waals surface area contributed by atoms with E-state index in [2.05, 4.69) is 17.1 Å². The first-order valence-electron chi connectivity index (χ1n) is 6.46. The molecule has 1 N–H and O–H groups in total. The van der Waals surface area contributed by atoms with E-state index >= 15 is 0 Å². The summed E-state index contributed by atoms with van der Waals surface area (Å²) in [5.41, 5.74) is 0. The Bertz CT molecular complexity index is 216. The van der Waals surface area contributed by atoms with E-state index in [1.54, 1.807) is 0 Å². The SMILES string of the molecule is CCN1CCC(CNC(=O)N(CC)CC)C1. The summed E-state index contributed by atoms with van der Waals surface area (Å²) in [5, 5.41) is 3.03. The number of carbonyl (C=O) groups is 1. The van der Waals surface area contributed by atoms with Gasteiger partial charge in [-0.1, -0.05) is 6.92 Å². The number of carbonyl (C=O) groups excluding carboxylic acids is 1. The number of nitrogens with zero attached hydrogens (tertiary/aromatic N) is 2. The lowest BCUT2D eigenvalue weighted by Crippen LogP contribution is -2.42. The summed E-state index contributed by atoms with van der Waals surface area (Å²) < 4.78 is 0. The fraction of sp³-hybridized carbons (Fsp3) is 0.917. The van der Waals surface area contributed by atoms with Crippen molar-refractivity contribution in [3.63, 3.8) is 0 Å². The number of hydrogen-bond donors (Lipinski definition) is 1. The topological polar surface area (TPSA) is 35.6 Å². The number of rotatable bonds is 5. The number of amides is 2. The summed E-state index contributed by atoms with van der Waals surface area (Å²) in [7, 11) is 0. The fourth-order valence-electron chi connectivity index (χ4n) is 2.22. The molecule has 0 aromatic rings. The number of likely N-dealkylation sites (tertiary alicyclic amines) is 1. The molecule has 0 aromatic heterocycles. The molecule has 1 saturated heterocycles. The molecular formula is C12H25N3O. The highest BCUT2D eigenvalue weighted by Crippen LogP contribution is 2.14. The lowest BCUT2D eigenvalue weighted by atomic mass is 10.1. The van der Waals surface area contributed by atoms with Gasteiger partial charge < -0.3 is 15.1 Å². The Hall–Kier alpha value is -0.770. The smallest absolute Gasteiger partial charge is 0.317 e. The average molecular weight is 227 g/mol. The molecule has 0 spiro atoms. The van der Waals surface area contributed by atoms with Crippen LogP contribution in [0.5, 0.6) is 0 Å². The summed E-state index contributed by atoms with van der Waals surface area (Å²) in [6.07, 6.45) is 1.21. The van der Waals surface area contributed by atoms with Crippen molar-refractivity contribution in [3.05, 3.63) is 0 Å². The summed E-state index contributed by atoms with van der Waals surface area (Å²) in [4.78, 5) is 16.0. The molecule has 4 heteroatoms. The summed E-state index contributed by atoms with van der Waals surface area (Å²) in [6.45, 7) is 12.1. The Morgan fingerprint density at radius 1 is 1.38 bits per heavy atom. The van der Waals surface area contributed by atoms with E-state index in [9.17, 15) is 4.79 Å². The zero-order valence-electron chi connectivity index (χ0n) is 10.8. The Balaban J connectivity index is 2.22. The van der Waals surface area contributed by atoms with Crippen LogP contribution in [0.2, 0.25) is 0 Å². The van der Waals surface area contributed by atoms with Gasteiger partial charge in [0.25, 0.3) is 0 Å². The van der Waals surface area contributed by atoms with Gasteiger partial charge in [0.05, 0.1) is 0 Å². The van der Waals surface area contributed by atoms with Crippen LogP contribution in [0, 0.1) is 5.92 Å². The van der Waals surface area contributed by atoms with Crippen molar-refractivity contribution in [2.24, 2.45) is 5.92 Å². The van der Waals surface area contributed by atoms with Crippen LogP contribution in [-0.4, -0.2) is 55.1 Å². The average Bonchev–Trinajstić information content (AvgIpc) is 2.76. The van der Waals surface area contributed by atoms with E-state index in [1.807, 2.05) is 18.7 Å². The minimum Gasteiger partial charge on any atom is -0.338 e. The molecule has 1 fully saturated rings. The van der Waals surface area contributed by atoms with Crippen molar-refractivity contribution in [2.75, 3.05) is 39.3 Å². The van der Waals surface area contributed by atoms with Crippen molar-refractivity contribution in [3.8, 4) is 0 Å². The van der Waals surface area contributed by atoms with Crippen molar-refractivity contribution in [1.82, 2.24) is 15.1 Å². The molecule has 0 aliphatic carbocycles. The van der Waals surface area contributed by atoms with Gasteiger partial charge in [-0.05, 0) is 39.3 Å². The third-order valence-corrected chi connectivity index (χ3v) is 3.41. The lowest BCUT2D eigenvalue weighted by Gasteiger charge is -2.20. The van der Waals surface area contributed by atoms with Crippen LogP contribution in [-0.2, 0) is 0 Å². The fourth-order valence-corrected chi connectivity index (χ4v) is 2.22. The quantitative estimate of drug-likeness (QED) is 0.770. The van der Waals surface area contributed by atoms with E-state index in [0.29, 0.717) is 5.92 Å². The third-order valence-electron chi connectivity index (χ3n) is 3.41. The molecule has 0 bridgehead atoms. The normalized spacial score (nSPS) is 21.1. The zero-order valence-corrected chi connectivity index (χ0v) is 10.8. The molecular weight excluding hydrogens is 202 g/mol. The largest absolute Gasteiger partial charge is 0.338 e. The molecule has 1 aliphatic heterocycles. The molecule has 1 heterocycles. The molecule has 0 aromatic carbocycles. The number of hydrogen-bond acceptors (Lipinski definition) is 2. The van der Waals surface area contributed by atoms with Gasteiger partial charge in [0.15, 0.2) is 0 Å². The predicted molar refractivity (Wildman–Crippen MR) is 66.5 cm³/mol. The molecule has 2 amide bonds. The van der Waals surface area contributed by atoms with Crippen LogP contribution < -0.4 is 5.32 Å². The number of urea groups is 1. The van der Waals surface area contributed by atoms with E-state index in [4.69, 9.17) is 0 Å². The predicted octanol–water partition coefficient (Wildman–Crippen LogP) is 1.38. The van der Waals surface area contributed by atoms with Crippen LogP contribution in [0.3, 0.4) is 0 Å². The van der Waals surface area contributed by atoms with Gasteiger partial charge >= 0.3 is 6.03 Å². The van der Waals surface area contributed by atoms with Crippen molar-refractivity contribution < 1.29 is 4.79 Å². The second kappa shape index (κ2) is 6.74. The maximum atomic E-state index is 11.7. The first kappa shape index (κ1) is 13.3. The molecule has 4 nitrogen and oxygen atoms in total. The van der Waals surface area contributed by atoms with Gasteiger partial charge in [0.1, 0.15) is 0 Å². The molecule has 1 rings (SSSR count). The molecule has 0 radical (unpaired) electrons. The van der Waals surface area contributed by atoms with Crippen LogP contribution >= 0.6 is 0 Å². The van der Waals surface area contributed by atoms with Crippen LogP contribution in [0.4, 0.5) is 4.79 Å². The second-order valence-corrected chi connectivity index (χ2v) is 4.41. The van der Waals surface area contributed by atoms with Gasteiger partial charge in [-0.25, -0.2) is 4.79 Å². The maximum absolute atomic E-state index is 11.7. The second-order valence-electron chi connectivity index (χ2n) is 4.41.